The van der Waals surface area contributed by atoms with Crippen molar-refractivity contribution in [2.45, 2.75) is 40.0 Å². The first-order valence-corrected chi connectivity index (χ1v) is 6.90. The predicted molar refractivity (Wildman–Crippen MR) is 80.3 cm³/mol. The third kappa shape index (κ3) is 4.06. The molecule has 5 N–H and O–H groups in total. The maximum absolute atomic E-state index is 11.3. The topological polar surface area (TPSA) is 110 Å². The fourth-order valence-corrected chi connectivity index (χ4v) is 1.95. The van der Waals surface area contributed by atoms with Crippen LogP contribution >= 0.6 is 0 Å². The molecule has 0 aliphatic carbocycles. The average Bonchev–Trinajstić information content (AvgIpc) is 2.43. The quantitative estimate of drug-likeness (QED) is 0.478. The number of unbranched alkanes of at least 4 members (excludes halogenated alkanes) is 1. The van der Waals surface area contributed by atoms with Crippen LogP contribution in [0.5, 0.6) is 0 Å². The molecule has 20 heavy (non-hydrogen) atoms. The Morgan fingerprint density at radius 2 is 2.05 bits per heavy atom. The molecule has 1 amide bonds. The van der Waals surface area contributed by atoms with E-state index in [0.29, 0.717) is 18.1 Å². The van der Waals surface area contributed by atoms with Gasteiger partial charge in [0.25, 0.3) is 0 Å². The van der Waals surface area contributed by atoms with Crippen molar-refractivity contribution in [1.82, 2.24) is 9.97 Å². The van der Waals surface area contributed by atoms with Gasteiger partial charge in [-0.25, -0.2) is 15.8 Å². The number of primary amides is 1. The van der Waals surface area contributed by atoms with Crippen LogP contribution in [0, 0.1) is 6.92 Å². The summed E-state index contributed by atoms with van der Waals surface area (Å²) in [4.78, 5) is 22.0. The molecule has 0 saturated heterocycles. The van der Waals surface area contributed by atoms with E-state index in [1.807, 2.05) is 18.7 Å². The van der Waals surface area contributed by atoms with Crippen LogP contribution in [-0.4, -0.2) is 29.0 Å². The van der Waals surface area contributed by atoms with Crippen molar-refractivity contribution < 1.29 is 4.79 Å². The van der Waals surface area contributed by atoms with Crippen LogP contribution in [0.4, 0.5) is 11.6 Å². The van der Waals surface area contributed by atoms with Crippen LogP contribution in [0.3, 0.4) is 0 Å². The number of rotatable bonds is 8. The fourth-order valence-electron chi connectivity index (χ4n) is 1.95. The van der Waals surface area contributed by atoms with E-state index in [0.717, 1.165) is 30.8 Å². The minimum Gasteiger partial charge on any atom is -0.368 e. The van der Waals surface area contributed by atoms with Gasteiger partial charge >= 0.3 is 0 Å². The number of aromatic nitrogens is 2. The molecular formula is C13H24N6O. The second-order valence-electron chi connectivity index (χ2n) is 4.68. The predicted octanol–water partition coefficient (Wildman–Crippen LogP) is 0.725. The first-order chi connectivity index (χ1) is 9.53. The van der Waals surface area contributed by atoms with Gasteiger partial charge in [-0.2, -0.15) is 0 Å². The van der Waals surface area contributed by atoms with E-state index in [1.54, 1.807) is 0 Å². The molecular weight excluding hydrogens is 256 g/mol. The normalized spacial score (nSPS) is 10.4. The largest absolute Gasteiger partial charge is 0.368 e. The van der Waals surface area contributed by atoms with Crippen LogP contribution in [0.2, 0.25) is 0 Å². The van der Waals surface area contributed by atoms with Gasteiger partial charge in [-0.15, -0.1) is 0 Å². The number of hydrogen-bond acceptors (Lipinski definition) is 6. The van der Waals surface area contributed by atoms with Crippen LogP contribution in [0.1, 0.15) is 38.1 Å². The van der Waals surface area contributed by atoms with Crippen molar-refractivity contribution in [1.29, 1.82) is 0 Å². The van der Waals surface area contributed by atoms with Crippen LogP contribution in [0.15, 0.2) is 0 Å². The molecule has 0 unspecified atom stereocenters. The molecule has 0 atom stereocenters. The number of carbonyl (C=O) groups excluding carboxylic acids is 1. The van der Waals surface area contributed by atoms with E-state index < -0.39 is 0 Å². The summed E-state index contributed by atoms with van der Waals surface area (Å²) in [7, 11) is 0. The lowest BCUT2D eigenvalue weighted by Crippen LogP contribution is -2.36. The molecule has 0 fully saturated rings. The Hall–Kier alpha value is -1.89. The van der Waals surface area contributed by atoms with E-state index in [2.05, 4.69) is 22.3 Å². The zero-order valence-electron chi connectivity index (χ0n) is 12.4. The molecule has 1 aromatic rings. The third-order valence-electron chi connectivity index (χ3n) is 3.05. The van der Waals surface area contributed by atoms with Crippen molar-refractivity contribution >= 4 is 17.5 Å². The number of nitrogens with zero attached hydrogens (tertiary/aromatic N) is 3. The number of hydrazine groups is 1. The number of nitrogens with one attached hydrogen (secondary N) is 1. The van der Waals surface area contributed by atoms with Crippen molar-refractivity contribution in [3.63, 3.8) is 0 Å². The highest BCUT2D eigenvalue weighted by atomic mass is 16.1. The molecule has 1 aromatic heterocycles. The summed E-state index contributed by atoms with van der Waals surface area (Å²) < 4.78 is 0. The molecule has 7 heteroatoms. The Balaban J connectivity index is 3.18. The molecule has 1 heterocycles. The lowest BCUT2D eigenvalue weighted by Gasteiger charge is -2.25. The summed E-state index contributed by atoms with van der Waals surface area (Å²) in [5, 5.41) is 0. The maximum atomic E-state index is 11.3. The molecule has 7 nitrogen and oxygen atoms in total. The van der Waals surface area contributed by atoms with E-state index in [9.17, 15) is 4.79 Å². The summed E-state index contributed by atoms with van der Waals surface area (Å²) in [6.07, 6.45) is 2.69. The molecule has 0 aliphatic heterocycles. The minimum atomic E-state index is -0.376. The fraction of sp³-hybridized carbons (Fsp3) is 0.615. The van der Waals surface area contributed by atoms with Crippen molar-refractivity contribution in [2.24, 2.45) is 11.6 Å². The number of nitrogens with two attached hydrogens (primary N) is 2. The van der Waals surface area contributed by atoms with Crippen LogP contribution in [-0.2, 0) is 11.2 Å². The van der Waals surface area contributed by atoms with Crippen molar-refractivity contribution in [3.05, 3.63) is 11.4 Å². The van der Waals surface area contributed by atoms with Gasteiger partial charge in [0, 0.05) is 18.5 Å². The Morgan fingerprint density at radius 1 is 1.35 bits per heavy atom. The first-order valence-electron chi connectivity index (χ1n) is 6.90. The van der Waals surface area contributed by atoms with Crippen molar-refractivity contribution in [2.75, 3.05) is 23.4 Å². The number of carbonyl (C=O) groups is 1. The first kappa shape index (κ1) is 16.2. The lowest BCUT2D eigenvalue weighted by atomic mass is 10.2. The maximum Gasteiger partial charge on any atom is 0.236 e. The zero-order valence-corrected chi connectivity index (χ0v) is 12.4. The standard InChI is InChI=1S/C13H24N6O/c1-4-6-7-19(8-10(14)20)13-9(3)12(18-15)16-11(5-2)17-13/h4-8,15H2,1-3H3,(H2,14,20)(H,16,17,18). The van der Waals surface area contributed by atoms with Gasteiger partial charge in [0.2, 0.25) is 5.91 Å². The van der Waals surface area contributed by atoms with E-state index in [4.69, 9.17) is 11.6 Å². The zero-order chi connectivity index (χ0) is 15.1. The van der Waals surface area contributed by atoms with Gasteiger partial charge in [-0.1, -0.05) is 20.3 Å². The van der Waals surface area contributed by atoms with Gasteiger partial charge in [-0.05, 0) is 13.3 Å². The van der Waals surface area contributed by atoms with Gasteiger partial charge in [-0.3, -0.25) is 4.79 Å². The van der Waals surface area contributed by atoms with E-state index in [-0.39, 0.29) is 12.5 Å². The second kappa shape index (κ2) is 7.64. The average molecular weight is 280 g/mol. The molecule has 0 radical (unpaired) electrons. The molecule has 0 aromatic carbocycles. The summed E-state index contributed by atoms with van der Waals surface area (Å²) in [6, 6.07) is 0. The SMILES string of the molecule is CCCCN(CC(N)=O)c1nc(CC)nc(NN)c1C. The Bertz CT molecular complexity index is 462. The molecule has 1 rings (SSSR count). The highest BCUT2D eigenvalue weighted by Crippen LogP contribution is 2.23. The smallest absolute Gasteiger partial charge is 0.236 e. The lowest BCUT2D eigenvalue weighted by molar-refractivity contribution is -0.116. The van der Waals surface area contributed by atoms with Crippen LogP contribution in [0.25, 0.3) is 0 Å². The van der Waals surface area contributed by atoms with Gasteiger partial charge < -0.3 is 16.1 Å². The molecule has 0 saturated carbocycles. The highest BCUT2D eigenvalue weighted by Gasteiger charge is 2.17. The number of anilines is 2. The summed E-state index contributed by atoms with van der Waals surface area (Å²) in [6.45, 7) is 6.82. The highest BCUT2D eigenvalue weighted by molar-refractivity contribution is 5.79. The van der Waals surface area contributed by atoms with Crippen LogP contribution < -0.4 is 21.9 Å². The Kier molecular flexibility index (Phi) is 6.17. The van der Waals surface area contributed by atoms with Crippen molar-refractivity contribution in [3.8, 4) is 0 Å². The number of aryl methyl sites for hydroxylation is 1. The van der Waals surface area contributed by atoms with Gasteiger partial charge in [0.1, 0.15) is 17.5 Å². The van der Waals surface area contributed by atoms with E-state index >= 15 is 0 Å². The third-order valence-corrected chi connectivity index (χ3v) is 3.05. The summed E-state index contributed by atoms with van der Waals surface area (Å²) >= 11 is 0. The minimum absolute atomic E-state index is 0.144. The molecule has 0 spiro atoms. The van der Waals surface area contributed by atoms with Gasteiger partial charge in [0.05, 0.1) is 6.54 Å². The molecule has 0 bridgehead atoms. The number of hydrogen-bond donors (Lipinski definition) is 3. The number of nitrogen functional groups attached to an aromatic ring is 1. The van der Waals surface area contributed by atoms with E-state index in [1.165, 1.54) is 0 Å². The monoisotopic (exact) mass is 280 g/mol. The second-order valence-corrected chi connectivity index (χ2v) is 4.68. The number of amides is 1. The van der Waals surface area contributed by atoms with Gasteiger partial charge in [0.15, 0.2) is 0 Å². The Morgan fingerprint density at radius 3 is 2.55 bits per heavy atom. The molecule has 112 valence electrons. The Labute approximate surface area is 119 Å². The summed E-state index contributed by atoms with van der Waals surface area (Å²) in [5.41, 5.74) is 8.73. The molecule has 0 aliphatic rings. The summed E-state index contributed by atoms with van der Waals surface area (Å²) in [5.74, 6) is 7.10.